The molecule has 3 heterocycles. The first-order valence-corrected chi connectivity index (χ1v) is 7.53. The van der Waals surface area contributed by atoms with E-state index in [1.807, 2.05) is 17.0 Å². The molecule has 0 spiro atoms. The average Bonchev–Trinajstić information content (AvgIpc) is 3.16. The SMILES string of the molecule is Cl.NCc1nc(C(=O)N2CCCC2c2ccncc2)cs1. The van der Waals surface area contributed by atoms with Gasteiger partial charge in [0.05, 0.1) is 6.04 Å². The molecule has 1 amide bonds. The monoisotopic (exact) mass is 324 g/mol. The molecule has 2 aromatic heterocycles. The van der Waals surface area contributed by atoms with E-state index in [9.17, 15) is 4.79 Å². The minimum atomic E-state index is 0. The summed E-state index contributed by atoms with van der Waals surface area (Å²) in [5, 5.41) is 2.60. The first-order valence-electron chi connectivity index (χ1n) is 6.65. The standard InChI is InChI=1S/C14H16N4OS.ClH/c15-8-13-17-11(9-20-13)14(19)18-7-1-2-12(18)10-3-5-16-6-4-10;/h3-6,9,12H,1-2,7-8,15H2;1H. The lowest BCUT2D eigenvalue weighted by molar-refractivity contribution is 0.0730. The molecule has 112 valence electrons. The Bertz CT molecular complexity index is 604. The second kappa shape index (κ2) is 6.98. The number of hydrogen-bond acceptors (Lipinski definition) is 5. The number of nitrogens with two attached hydrogens (primary N) is 1. The summed E-state index contributed by atoms with van der Waals surface area (Å²) in [4.78, 5) is 22.8. The van der Waals surface area contributed by atoms with Crippen molar-refractivity contribution in [3.05, 3.63) is 46.2 Å². The van der Waals surface area contributed by atoms with Crippen LogP contribution in [-0.4, -0.2) is 27.3 Å². The van der Waals surface area contributed by atoms with Gasteiger partial charge in [0, 0.05) is 30.9 Å². The molecule has 0 aromatic carbocycles. The second-order valence-corrected chi connectivity index (χ2v) is 5.71. The van der Waals surface area contributed by atoms with Crippen LogP contribution in [0.2, 0.25) is 0 Å². The molecule has 2 aromatic rings. The number of carbonyl (C=O) groups is 1. The quantitative estimate of drug-likeness (QED) is 0.941. The van der Waals surface area contributed by atoms with E-state index in [1.165, 1.54) is 11.3 Å². The van der Waals surface area contributed by atoms with Gasteiger partial charge in [-0.2, -0.15) is 0 Å². The zero-order valence-electron chi connectivity index (χ0n) is 11.4. The van der Waals surface area contributed by atoms with Crippen molar-refractivity contribution < 1.29 is 4.79 Å². The third-order valence-corrected chi connectivity index (χ3v) is 4.42. The van der Waals surface area contributed by atoms with Crippen LogP contribution in [0.15, 0.2) is 29.9 Å². The number of halogens is 1. The molecule has 1 atom stereocenters. The molecule has 1 aliphatic rings. The maximum atomic E-state index is 12.6. The normalized spacial score (nSPS) is 17.6. The Balaban J connectivity index is 0.00000161. The number of rotatable bonds is 3. The van der Waals surface area contributed by atoms with Gasteiger partial charge in [-0.1, -0.05) is 0 Å². The maximum absolute atomic E-state index is 12.6. The largest absolute Gasteiger partial charge is 0.330 e. The molecule has 1 saturated heterocycles. The van der Waals surface area contributed by atoms with Gasteiger partial charge in [0.25, 0.3) is 5.91 Å². The Kier molecular flexibility index (Phi) is 5.27. The first-order chi connectivity index (χ1) is 9.79. The Labute approximate surface area is 133 Å². The van der Waals surface area contributed by atoms with E-state index in [0.717, 1.165) is 30.0 Å². The van der Waals surface area contributed by atoms with Crippen LogP contribution in [0.4, 0.5) is 0 Å². The summed E-state index contributed by atoms with van der Waals surface area (Å²) in [6, 6.07) is 4.08. The molecule has 0 radical (unpaired) electrons. The van der Waals surface area contributed by atoms with Crippen LogP contribution < -0.4 is 5.73 Å². The molecule has 0 bridgehead atoms. The van der Waals surface area contributed by atoms with Crippen molar-refractivity contribution >= 4 is 29.7 Å². The summed E-state index contributed by atoms with van der Waals surface area (Å²) in [5.74, 6) is 0.000243. The number of aromatic nitrogens is 2. The minimum Gasteiger partial charge on any atom is -0.330 e. The molecule has 0 aliphatic carbocycles. The van der Waals surface area contributed by atoms with Crippen LogP contribution in [0.25, 0.3) is 0 Å². The molecule has 7 heteroatoms. The Hall–Kier alpha value is -1.50. The lowest BCUT2D eigenvalue weighted by Crippen LogP contribution is -2.30. The topological polar surface area (TPSA) is 72.1 Å². The van der Waals surface area contributed by atoms with Crippen molar-refractivity contribution in [3.63, 3.8) is 0 Å². The lowest BCUT2D eigenvalue weighted by Gasteiger charge is -2.24. The maximum Gasteiger partial charge on any atom is 0.273 e. The number of pyridine rings is 1. The minimum absolute atomic E-state index is 0. The highest BCUT2D eigenvalue weighted by molar-refractivity contribution is 7.09. The van der Waals surface area contributed by atoms with Crippen LogP contribution in [0.1, 0.15) is 39.9 Å². The smallest absolute Gasteiger partial charge is 0.273 e. The van der Waals surface area contributed by atoms with Crippen LogP contribution in [-0.2, 0) is 6.54 Å². The molecular formula is C14H17ClN4OS. The third-order valence-electron chi connectivity index (χ3n) is 3.55. The molecule has 5 nitrogen and oxygen atoms in total. The highest BCUT2D eigenvalue weighted by atomic mass is 35.5. The molecule has 3 rings (SSSR count). The van der Waals surface area contributed by atoms with Gasteiger partial charge in [0.2, 0.25) is 0 Å². The van der Waals surface area contributed by atoms with E-state index in [0.29, 0.717) is 12.2 Å². The van der Waals surface area contributed by atoms with Gasteiger partial charge in [-0.25, -0.2) is 4.98 Å². The van der Waals surface area contributed by atoms with E-state index >= 15 is 0 Å². The highest BCUT2D eigenvalue weighted by Gasteiger charge is 2.31. The Morgan fingerprint density at radius 1 is 1.43 bits per heavy atom. The van der Waals surface area contributed by atoms with E-state index < -0.39 is 0 Å². The van der Waals surface area contributed by atoms with E-state index in [1.54, 1.807) is 17.8 Å². The number of hydrogen-bond donors (Lipinski definition) is 1. The first kappa shape index (κ1) is 15.9. The van der Waals surface area contributed by atoms with Crippen molar-refractivity contribution in [2.45, 2.75) is 25.4 Å². The number of likely N-dealkylation sites (tertiary alicyclic amines) is 1. The number of amides is 1. The van der Waals surface area contributed by atoms with Crippen molar-refractivity contribution in [1.82, 2.24) is 14.9 Å². The average molecular weight is 325 g/mol. The van der Waals surface area contributed by atoms with Gasteiger partial charge in [-0.3, -0.25) is 9.78 Å². The molecule has 0 saturated carbocycles. The summed E-state index contributed by atoms with van der Waals surface area (Å²) in [6.45, 7) is 1.16. The van der Waals surface area contributed by atoms with Gasteiger partial charge in [-0.05, 0) is 30.5 Å². The second-order valence-electron chi connectivity index (χ2n) is 4.77. The fourth-order valence-electron chi connectivity index (χ4n) is 2.59. The summed E-state index contributed by atoms with van der Waals surface area (Å²) in [6.07, 6.45) is 5.55. The van der Waals surface area contributed by atoms with Crippen molar-refractivity contribution in [1.29, 1.82) is 0 Å². The van der Waals surface area contributed by atoms with Crippen molar-refractivity contribution in [2.75, 3.05) is 6.54 Å². The number of thiazole rings is 1. The van der Waals surface area contributed by atoms with Gasteiger partial charge < -0.3 is 10.6 Å². The fourth-order valence-corrected chi connectivity index (χ4v) is 3.24. The van der Waals surface area contributed by atoms with Crippen LogP contribution in [0.3, 0.4) is 0 Å². The molecule has 1 unspecified atom stereocenters. The molecule has 1 fully saturated rings. The molecule has 2 N–H and O–H groups in total. The number of nitrogens with zero attached hydrogens (tertiary/aromatic N) is 3. The zero-order valence-corrected chi connectivity index (χ0v) is 13.1. The van der Waals surface area contributed by atoms with Crippen molar-refractivity contribution in [2.24, 2.45) is 5.73 Å². The fraction of sp³-hybridized carbons (Fsp3) is 0.357. The summed E-state index contributed by atoms with van der Waals surface area (Å²) in [5.41, 5.74) is 7.20. The van der Waals surface area contributed by atoms with Gasteiger partial charge >= 0.3 is 0 Å². The van der Waals surface area contributed by atoms with Crippen LogP contribution in [0.5, 0.6) is 0 Å². The molecule has 1 aliphatic heterocycles. The highest BCUT2D eigenvalue weighted by Crippen LogP contribution is 2.32. The van der Waals surface area contributed by atoms with Gasteiger partial charge in [0.1, 0.15) is 10.7 Å². The Morgan fingerprint density at radius 2 is 2.19 bits per heavy atom. The van der Waals surface area contributed by atoms with E-state index in [2.05, 4.69) is 9.97 Å². The summed E-state index contributed by atoms with van der Waals surface area (Å²) >= 11 is 1.44. The predicted molar refractivity (Wildman–Crippen MR) is 84.5 cm³/mol. The number of carbonyl (C=O) groups excluding carboxylic acids is 1. The molecule has 21 heavy (non-hydrogen) atoms. The lowest BCUT2D eigenvalue weighted by atomic mass is 10.1. The van der Waals surface area contributed by atoms with Crippen molar-refractivity contribution in [3.8, 4) is 0 Å². The summed E-state index contributed by atoms with van der Waals surface area (Å²) in [7, 11) is 0. The van der Waals surface area contributed by atoms with Gasteiger partial charge in [-0.15, -0.1) is 23.7 Å². The summed E-state index contributed by atoms with van der Waals surface area (Å²) < 4.78 is 0. The predicted octanol–water partition coefficient (Wildman–Crippen LogP) is 2.40. The molecular weight excluding hydrogens is 308 g/mol. The van der Waals surface area contributed by atoms with Crippen LogP contribution >= 0.6 is 23.7 Å². The Morgan fingerprint density at radius 3 is 2.86 bits per heavy atom. The van der Waals surface area contributed by atoms with E-state index in [4.69, 9.17) is 5.73 Å². The van der Waals surface area contributed by atoms with E-state index in [-0.39, 0.29) is 24.4 Å². The third kappa shape index (κ3) is 3.23. The van der Waals surface area contributed by atoms with Crippen LogP contribution in [0, 0.1) is 0 Å². The zero-order chi connectivity index (χ0) is 13.9. The van der Waals surface area contributed by atoms with Gasteiger partial charge in [0.15, 0.2) is 0 Å².